The van der Waals surface area contributed by atoms with Gasteiger partial charge >= 0.3 is 0 Å². The Morgan fingerprint density at radius 2 is 0.623 bits per heavy atom. The number of unbranched alkanes of at least 4 members (excludes halogenated alkanes) is 12. The first-order chi connectivity index (χ1) is 25.7. The largest absolute Gasteiger partial charge is 0.502 e. The van der Waals surface area contributed by atoms with E-state index in [2.05, 4.69) is 55.4 Å². The molecular formula is C45H76O8. The molecule has 0 fully saturated rings. The predicted molar refractivity (Wildman–Crippen MR) is 218 cm³/mol. The number of hydrogen-bond donors (Lipinski definition) is 2. The molecule has 8 heteroatoms. The summed E-state index contributed by atoms with van der Waals surface area (Å²) >= 11 is 0. The second-order valence-electron chi connectivity index (χ2n) is 14.8. The van der Waals surface area contributed by atoms with Gasteiger partial charge in [0.2, 0.25) is 23.0 Å². The Labute approximate surface area is 323 Å². The van der Waals surface area contributed by atoms with Crippen LogP contribution in [0.2, 0.25) is 0 Å². The molecule has 0 heterocycles. The molecule has 0 saturated carbocycles. The predicted octanol–water partition coefficient (Wildman–Crippen LogP) is 12.8. The minimum absolute atomic E-state index is 0.0373. The van der Waals surface area contributed by atoms with Gasteiger partial charge in [0.1, 0.15) is 0 Å². The van der Waals surface area contributed by atoms with Gasteiger partial charge in [-0.15, -0.1) is 0 Å². The normalized spacial score (nSPS) is 11.5. The molecule has 0 aliphatic rings. The van der Waals surface area contributed by atoms with Crippen molar-refractivity contribution in [3.8, 4) is 46.0 Å². The molecule has 0 aliphatic carbocycles. The van der Waals surface area contributed by atoms with Crippen molar-refractivity contribution in [3.05, 3.63) is 23.3 Å². The Hall–Kier alpha value is -3.16. The Kier molecular flexibility index (Phi) is 23.1. The molecule has 0 unspecified atom stereocenters. The maximum absolute atomic E-state index is 11.7. The van der Waals surface area contributed by atoms with E-state index in [1.54, 1.807) is 0 Å². The molecule has 0 saturated heterocycles. The van der Waals surface area contributed by atoms with Crippen LogP contribution in [0.25, 0.3) is 0 Å². The highest BCUT2D eigenvalue weighted by atomic mass is 16.5. The first-order valence-corrected chi connectivity index (χ1v) is 21.3. The van der Waals surface area contributed by atoms with Crippen molar-refractivity contribution in [2.24, 2.45) is 0 Å². The first kappa shape index (κ1) is 46.0. The van der Waals surface area contributed by atoms with Crippen LogP contribution in [0.5, 0.6) is 46.0 Å². The molecule has 0 aromatic heterocycles. The Morgan fingerprint density at radius 3 is 0.887 bits per heavy atom. The van der Waals surface area contributed by atoms with Gasteiger partial charge in [-0.25, -0.2) is 0 Å². The lowest BCUT2D eigenvalue weighted by Crippen LogP contribution is -2.23. The molecule has 0 atom stereocenters. The van der Waals surface area contributed by atoms with E-state index in [1.807, 2.05) is 12.1 Å². The van der Waals surface area contributed by atoms with E-state index in [9.17, 15) is 10.2 Å². The van der Waals surface area contributed by atoms with Crippen molar-refractivity contribution in [1.29, 1.82) is 0 Å². The number of phenols is 2. The summed E-state index contributed by atoms with van der Waals surface area (Å²) in [5, 5.41) is 23.5. The zero-order valence-corrected chi connectivity index (χ0v) is 35.0. The van der Waals surface area contributed by atoms with E-state index in [1.165, 1.54) is 0 Å². The monoisotopic (exact) mass is 745 g/mol. The summed E-state index contributed by atoms with van der Waals surface area (Å²) in [4.78, 5) is 0. The molecule has 2 N–H and O–H groups in total. The molecule has 53 heavy (non-hydrogen) atoms. The topological polar surface area (TPSA) is 95.8 Å². The lowest BCUT2D eigenvalue weighted by atomic mass is 9.76. The van der Waals surface area contributed by atoms with Crippen molar-refractivity contribution in [3.63, 3.8) is 0 Å². The van der Waals surface area contributed by atoms with Crippen molar-refractivity contribution in [2.75, 3.05) is 39.6 Å². The van der Waals surface area contributed by atoms with E-state index in [-0.39, 0.29) is 11.5 Å². The quantitative estimate of drug-likeness (QED) is 0.0715. The van der Waals surface area contributed by atoms with Crippen molar-refractivity contribution in [2.45, 2.75) is 176 Å². The second kappa shape index (κ2) is 26.6. The van der Waals surface area contributed by atoms with Gasteiger partial charge in [-0.05, 0) is 50.7 Å². The van der Waals surface area contributed by atoms with Gasteiger partial charge < -0.3 is 38.6 Å². The number of aromatic hydroxyl groups is 2. The van der Waals surface area contributed by atoms with Crippen molar-refractivity contribution in [1.82, 2.24) is 0 Å². The molecule has 2 rings (SSSR count). The SMILES string of the molecule is CCCCCOc1cc(C(C)(C)c2cc(OCCCCC)c(O)c(OCCCCC)c2OCCCCC)c(OCCCCC)c(OCCCCC)c1O. The van der Waals surface area contributed by atoms with E-state index >= 15 is 0 Å². The molecule has 304 valence electrons. The fraction of sp³-hybridized carbons (Fsp3) is 0.733. The zero-order chi connectivity index (χ0) is 38.9. The number of ether oxygens (including phenoxy) is 6. The van der Waals surface area contributed by atoms with Crippen LogP contribution < -0.4 is 28.4 Å². The lowest BCUT2D eigenvalue weighted by molar-refractivity contribution is 0.231. The van der Waals surface area contributed by atoms with Gasteiger partial charge in [-0.2, -0.15) is 0 Å². The smallest absolute Gasteiger partial charge is 0.207 e. The Balaban J connectivity index is 2.93. The van der Waals surface area contributed by atoms with Crippen LogP contribution in [-0.4, -0.2) is 49.9 Å². The molecule has 0 spiro atoms. The fourth-order valence-electron chi connectivity index (χ4n) is 6.24. The molecular weight excluding hydrogens is 668 g/mol. The molecule has 0 radical (unpaired) electrons. The lowest BCUT2D eigenvalue weighted by Gasteiger charge is -2.33. The summed E-state index contributed by atoms with van der Waals surface area (Å²) in [5.74, 6) is 2.28. The molecule has 2 aromatic carbocycles. The highest BCUT2D eigenvalue weighted by Gasteiger charge is 2.38. The highest BCUT2D eigenvalue weighted by molar-refractivity contribution is 5.69. The van der Waals surface area contributed by atoms with Gasteiger partial charge in [0.05, 0.1) is 39.6 Å². The zero-order valence-electron chi connectivity index (χ0n) is 35.0. The molecule has 0 aliphatic heterocycles. The molecule has 0 bridgehead atoms. The van der Waals surface area contributed by atoms with Gasteiger partial charge in [-0.1, -0.05) is 132 Å². The average molecular weight is 745 g/mol. The van der Waals surface area contributed by atoms with Crippen LogP contribution in [0, 0.1) is 0 Å². The highest BCUT2D eigenvalue weighted by Crippen LogP contribution is 2.56. The molecule has 2 aromatic rings. The van der Waals surface area contributed by atoms with E-state index in [0.29, 0.717) is 74.1 Å². The van der Waals surface area contributed by atoms with Gasteiger partial charge in [-0.3, -0.25) is 0 Å². The number of rotatable bonds is 32. The third-order valence-corrected chi connectivity index (χ3v) is 9.68. The van der Waals surface area contributed by atoms with Crippen LogP contribution in [0.4, 0.5) is 0 Å². The second-order valence-corrected chi connectivity index (χ2v) is 14.8. The summed E-state index contributed by atoms with van der Waals surface area (Å²) in [6.07, 6.45) is 17.8. The minimum atomic E-state index is -0.812. The number of phenolic OH excluding ortho intramolecular Hbond substituents is 2. The van der Waals surface area contributed by atoms with E-state index in [0.717, 1.165) is 127 Å². The Bertz CT molecular complexity index is 1180. The molecule has 0 amide bonds. The standard InChI is InChI=1S/C45H76O8/c1-9-15-21-27-48-37-33-35(41(50-29-23-17-11-3)43(39(37)46)52-31-25-19-13-5)45(7,8)36-34-38(49-28-22-16-10-2)40(47)44(53-32-26-20-14-6)42(36)51-30-24-18-12-4/h33-34,46-47H,9-32H2,1-8H3. The first-order valence-electron chi connectivity index (χ1n) is 21.3. The van der Waals surface area contributed by atoms with E-state index < -0.39 is 5.41 Å². The van der Waals surface area contributed by atoms with Crippen LogP contribution in [-0.2, 0) is 5.41 Å². The number of benzene rings is 2. The Morgan fingerprint density at radius 1 is 0.377 bits per heavy atom. The van der Waals surface area contributed by atoms with Gasteiger partial charge in [0.25, 0.3) is 0 Å². The van der Waals surface area contributed by atoms with E-state index in [4.69, 9.17) is 28.4 Å². The van der Waals surface area contributed by atoms with Gasteiger partial charge in [0.15, 0.2) is 23.0 Å². The van der Waals surface area contributed by atoms with Gasteiger partial charge in [0, 0.05) is 16.5 Å². The maximum Gasteiger partial charge on any atom is 0.207 e. The van der Waals surface area contributed by atoms with Crippen LogP contribution >= 0.6 is 0 Å². The van der Waals surface area contributed by atoms with Crippen molar-refractivity contribution >= 4 is 0 Å². The maximum atomic E-state index is 11.7. The third-order valence-electron chi connectivity index (χ3n) is 9.68. The summed E-state index contributed by atoms with van der Waals surface area (Å²) in [5.41, 5.74) is 0.773. The summed E-state index contributed by atoms with van der Waals surface area (Å²) in [6.45, 7) is 20.0. The summed E-state index contributed by atoms with van der Waals surface area (Å²) in [7, 11) is 0. The summed E-state index contributed by atoms with van der Waals surface area (Å²) in [6, 6.07) is 3.82. The van der Waals surface area contributed by atoms with Crippen molar-refractivity contribution < 1.29 is 38.6 Å². The van der Waals surface area contributed by atoms with Crippen LogP contribution in [0.15, 0.2) is 12.1 Å². The average Bonchev–Trinajstić information content (AvgIpc) is 3.15. The third kappa shape index (κ3) is 14.9. The van der Waals surface area contributed by atoms with Crippen LogP contribution in [0.1, 0.15) is 182 Å². The number of hydrogen-bond acceptors (Lipinski definition) is 8. The fourth-order valence-corrected chi connectivity index (χ4v) is 6.24. The van der Waals surface area contributed by atoms with Crippen LogP contribution in [0.3, 0.4) is 0 Å². The molecule has 8 nitrogen and oxygen atoms in total. The minimum Gasteiger partial charge on any atom is -0.502 e. The summed E-state index contributed by atoms with van der Waals surface area (Å²) < 4.78 is 38.8.